The Kier molecular flexibility index (Phi) is 7.63. The molecule has 0 unspecified atom stereocenters. The number of anilines is 2. The van der Waals surface area contributed by atoms with Crippen molar-refractivity contribution >= 4 is 34.9 Å². The number of Topliss-reactive ketones (excluding diaryl/α,β-unsaturated/α-hetero) is 2. The number of rotatable bonds is 7. The number of carbonyl (C=O) groups is 4. The summed E-state index contributed by atoms with van der Waals surface area (Å²) in [5.74, 6) is -7.51. The van der Waals surface area contributed by atoms with E-state index in [1.165, 1.54) is 11.0 Å². The first-order chi connectivity index (χ1) is 19.2. The van der Waals surface area contributed by atoms with Gasteiger partial charge in [0.15, 0.2) is 17.1 Å². The fraction of sp³-hybridized carbons (Fsp3) is 0.429. The molecule has 13 heteroatoms. The third kappa shape index (κ3) is 4.50. The van der Waals surface area contributed by atoms with Crippen LogP contribution in [0.2, 0.25) is 0 Å². The number of likely N-dealkylation sites (N-methyl/N-ethyl adjacent to an activating group) is 1. The van der Waals surface area contributed by atoms with Gasteiger partial charge in [0.25, 0.3) is 5.91 Å². The van der Waals surface area contributed by atoms with E-state index in [4.69, 9.17) is 10.5 Å². The summed E-state index contributed by atoms with van der Waals surface area (Å²) in [7, 11) is 6.54. The van der Waals surface area contributed by atoms with E-state index in [0.29, 0.717) is 17.7 Å². The van der Waals surface area contributed by atoms with Crippen LogP contribution in [0.5, 0.6) is 5.75 Å². The van der Waals surface area contributed by atoms with Gasteiger partial charge in [0.1, 0.15) is 17.1 Å². The van der Waals surface area contributed by atoms with Crippen molar-refractivity contribution in [2.24, 2.45) is 17.6 Å². The fourth-order valence-electron chi connectivity index (χ4n) is 6.17. The summed E-state index contributed by atoms with van der Waals surface area (Å²) in [6.07, 6.45) is 1.17. The van der Waals surface area contributed by atoms with Gasteiger partial charge in [-0.1, -0.05) is 6.08 Å². The standard InChI is InChI=1S/C28H34N4O9/c1-6-7-8-41-27(39)30-15-11-16(31(2)3)13-9-12-10-14-20(32(4)5)23(35)19(26(29)38)25(37)28(14,40)24(36)17(12)22(34)18(13)21(15)33/h6,11-12,14,20,33,35-36,40H,1,7-10H2,2-5H3,(H2,29,38)(H,30,39)/t12-,14-,20-,28-/m1/s1. The van der Waals surface area contributed by atoms with Crippen molar-refractivity contribution in [2.45, 2.75) is 30.9 Å². The molecule has 0 fully saturated rings. The number of primary amides is 1. The molecule has 0 radical (unpaired) electrons. The number of hydrogen-bond donors (Lipinski definition) is 6. The van der Waals surface area contributed by atoms with Crippen molar-refractivity contribution in [1.29, 1.82) is 0 Å². The van der Waals surface area contributed by atoms with Crippen LogP contribution in [0.25, 0.3) is 0 Å². The molecular weight excluding hydrogens is 536 g/mol. The molecule has 1 aromatic rings. The van der Waals surface area contributed by atoms with E-state index in [1.54, 1.807) is 39.2 Å². The van der Waals surface area contributed by atoms with Crippen LogP contribution in [0.15, 0.2) is 41.4 Å². The van der Waals surface area contributed by atoms with Gasteiger partial charge in [-0.15, -0.1) is 6.58 Å². The molecule has 4 atom stereocenters. The van der Waals surface area contributed by atoms with Crippen molar-refractivity contribution < 1.29 is 44.3 Å². The number of phenolic OH excluding ortho intramolecular Hbond substituents is 1. The first kappa shape index (κ1) is 29.6. The highest BCUT2D eigenvalue weighted by Crippen LogP contribution is 2.53. The maximum atomic E-state index is 14.0. The number of carbonyl (C=O) groups excluding carboxylic acids is 4. The Morgan fingerprint density at radius 3 is 2.44 bits per heavy atom. The molecule has 0 heterocycles. The Morgan fingerprint density at radius 2 is 1.88 bits per heavy atom. The molecule has 3 aliphatic rings. The van der Waals surface area contributed by atoms with Crippen LogP contribution in [0.3, 0.4) is 0 Å². The average Bonchev–Trinajstić information content (AvgIpc) is 2.87. The largest absolute Gasteiger partial charge is 0.510 e. The smallest absolute Gasteiger partial charge is 0.411 e. The molecule has 7 N–H and O–H groups in total. The summed E-state index contributed by atoms with van der Waals surface area (Å²) < 4.78 is 5.05. The van der Waals surface area contributed by atoms with Crippen LogP contribution in [0.1, 0.15) is 28.8 Å². The molecule has 0 saturated heterocycles. The van der Waals surface area contributed by atoms with Gasteiger partial charge in [-0.05, 0) is 50.9 Å². The second-order valence-electron chi connectivity index (χ2n) is 10.8. The Hall–Kier alpha value is -4.36. The number of nitrogens with one attached hydrogen (secondary N) is 1. The van der Waals surface area contributed by atoms with Crippen LogP contribution in [0.4, 0.5) is 16.2 Å². The van der Waals surface area contributed by atoms with Crippen molar-refractivity contribution in [1.82, 2.24) is 4.90 Å². The zero-order valence-corrected chi connectivity index (χ0v) is 23.2. The summed E-state index contributed by atoms with van der Waals surface area (Å²) in [4.78, 5) is 55.0. The lowest BCUT2D eigenvalue weighted by molar-refractivity contribution is -0.148. The number of phenols is 1. The third-order valence-corrected chi connectivity index (χ3v) is 7.97. The van der Waals surface area contributed by atoms with Gasteiger partial charge in [0.05, 0.1) is 23.9 Å². The number of amides is 2. The van der Waals surface area contributed by atoms with Gasteiger partial charge in [-0.2, -0.15) is 0 Å². The molecule has 0 aromatic heterocycles. The Bertz CT molecular complexity index is 1430. The zero-order valence-electron chi connectivity index (χ0n) is 23.2. The molecule has 0 saturated carbocycles. The molecule has 0 bridgehead atoms. The van der Waals surface area contributed by atoms with Crippen molar-refractivity contribution in [2.75, 3.05) is 45.0 Å². The molecule has 2 amide bonds. The highest BCUT2D eigenvalue weighted by molar-refractivity contribution is 6.25. The first-order valence-electron chi connectivity index (χ1n) is 12.9. The molecule has 13 nitrogen and oxygen atoms in total. The third-order valence-electron chi connectivity index (χ3n) is 7.97. The highest BCUT2D eigenvalue weighted by atomic mass is 16.5. The van der Waals surface area contributed by atoms with Crippen molar-refractivity contribution in [3.63, 3.8) is 0 Å². The Balaban J connectivity index is 1.89. The van der Waals surface area contributed by atoms with Gasteiger partial charge in [0.2, 0.25) is 5.78 Å². The van der Waals surface area contributed by atoms with E-state index in [9.17, 15) is 39.6 Å². The SMILES string of the molecule is C=CCCOC(=O)Nc1cc(N(C)C)c2c(c1O)C(=O)C1=C(O)[C@@]3(O)C(=O)C(C(N)=O)=C(O)[C@H](N(C)C)[C@H]3C[C@H]1C2. The Morgan fingerprint density at radius 1 is 1.22 bits per heavy atom. The average molecular weight is 571 g/mol. The van der Waals surface area contributed by atoms with Crippen LogP contribution in [-0.4, -0.2) is 95.3 Å². The number of aliphatic hydroxyl groups is 3. The fourth-order valence-corrected chi connectivity index (χ4v) is 6.17. The molecule has 4 rings (SSSR count). The van der Waals surface area contributed by atoms with Crippen molar-refractivity contribution in [3.05, 3.63) is 52.5 Å². The number of aromatic hydroxyl groups is 1. The number of benzene rings is 1. The van der Waals surface area contributed by atoms with Crippen LogP contribution in [0, 0.1) is 11.8 Å². The van der Waals surface area contributed by atoms with E-state index in [0.717, 1.165) is 0 Å². The number of nitrogens with two attached hydrogens (primary N) is 1. The molecule has 0 spiro atoms. The number of nitrogens with zero attached hydrogens (tertiary/aromatic N) is 2. The number of fused-ring (bicyclic) bond motifs is 3. The molecule has 3 aliphatic carbocycles. The molecule has 41 heavy (non-hydrogen) atoms. The van der Waals surface area contributed by atoms with Gasteiger partial charge in [-0.3, -0.25) is 24.6 Å². The summed E-state index contributed by atoms with van der Waals surface area (Å²) in [5, 5.41) is 47.6. The highest BCUT2D eigenvalue weighted by Gasteiger charge is 2.63. The van der Waals surface area contributed by atoms with E-state index in [1.807, 2.05) is 0 Å². The predicted molar refractivity (Wildman–Crippen MR) is 148 cm³/mol. The summed E-state index contributed by atoms with van der Waals surface area (Å²) >= 11 is 0. The maximum absolute atomic E-state index is 14.0. The van der Waals surface area contributed by atoms with Crippen LogP contribution >= 0.6 is 0 Å². The minimum atomic E-state index is -2.74. The minimum absolute atomic E-state index is 0.0327. The number of aliphatic hydroxyl groups excluding tert-OH is 2. The number of ether oxygens (including phenoxy) is 1. The van der Waals surface area contributed by atoms with Crippen molar-refractivity contribution in [3.8, 4) is 5.75 Å². The lowest BCUT2D eigenvalue weighted by atomic mass is 9.58. The minimum Gasteiger partial charge on any atom is -0.510 e. The number of ketones is 2. The van der Waals surface area contributed by atoms with Crippen LogP contribution < -0.4 is 16.0 Å². The zero-order chi connectivity index (χ0) is 30.5. The topological polar surface area (TPSA) is 203 Å². The Labute approximate surface area is 236 Å². The monoisotopic (exact) mass is 570 g/mol. The first-order valence-corrected chi connectivity index (χ1v) is 12.9. The lowest BCUT2D eigenvalue weighted by Crippen LogP contribution is -2.63. The van der Waals surface area contributed by atoms with E-state index in [2.05, 4.69) is 11.9 Å². The van der Waals surface area contributed by atoms with Gasteiger partial charge < -0.3 is 35.8 Å². The van der Waals surface area contributed by atoms with Gasteiger partial charge in [0, 0.05) is 31.3 Å². The van der Waals surface area contributed by atoms with E-state index >= 15 is 0 Å². The van der Waals surface area contributed by atoms with Crippen LogP contribution in [-0.2, 0) is 20.7 Å². The number of hydrogen-bond acceptors (Lipinski definition) is 11. The molecular formula is C28H34N4O9. The van der Waals surface area contributed by atoms with Gasteiger partial charge >= 0.3 is 6.09 Å². The molecule has 220 valence electrons. The lowest BCUT2D eigenvalue weighted by Gasteiger charge is -2.50. The summed E-state index contributed by atoms with van der Waals surface area (Å²) in [6, 6.07) is 0.408. The molecule has 1 aromatic carbocycles. The normalized spacial score (nSPS) is 25.4. The van der Waals surface area contributed by atoms with E-state index in [-0.39, 0.29) is 36.3 Å². The summed E-state index contributed by atoms with van der Waals surface area (Å²) in [6.45, 7) is 3.59. The van der Waals surface area contributed by atoms with Gasteiger partial charge in [-0.25, -0.2) is 4.79 Å². The van der Waals surface area contributed by atoms with E-state index < -0.39 is 69.9 Å². The quantitative estimate of drug-likeness (QED) is 0.119. The summed E-state index contributed by atoms with van der Waals surface area (Å²) in [5.41, 5.74) is 2.02. The number of allylic oxidation sites excluding steroid dienone is 1. The maximum Gasteiger partial charge on any atom is 0.411 e. The molecule has 0 aliphatic heterocycles. The second-order valence-corrected chi connectivity index (χ2v) is 10.8. The predicted octanol–water partition coefficient (Wildman–Crippen LogP) is 1.31. The second kappa shape index (κ2) is 10.6.